The molecule has 0 spiro atoms. The average Bonchev–Trinajstić information content (AvgIpc) is 2.28. The third kappa shape index (κ3) is 3.84. The number of halogens is 3. The van der Waals surface area contributed by atoms with Gasteiger partial charge >= 0.3 is 6.18 Å². The van der Waals surface area contributed by atoms with Crippen LogP contribution in [0.2, 0.25) is 0 Å². The zero-order valence-electron chi connectivity index (χ0n) is 10.3. The molecule has 0 aromatic heterocycles. The number of nitrogens with two attached hydrogens (primary N) is 1. The summed E-state index contributed by atoms with van der Waals surface area (Å²) in [5, 5.41) is 2.21. The van der Waals surface area contributed by atoms with Gasteiger partial charge in [0, 0.05) is 13.2 Å². The van der Waals surface area contributed by atoms with Crippen LogP contribution in [0.1, 0.15) is 32.6 Å². The molecule has 0 aromatic rings. The SMILES string of the molecule is CC(N)(C(=O)NCCC1CCCCO1)C(F)(F)F. The van der Waals surface area contributed by atoms with Crippen LogP contribution in [0, 0.1) is 0 Å². The Morgan fingerprint density at radius 1 is 1.44 bits per heavy atom. The highest BCUT2D eigenvalue weighted by atomic mass is 19.4. The molecule has 0 bridgehead atoms. The fraction of sp³-hybridized carbons (Fsp3) is 0.909. The van der Waals surface area contributed by atoms with E-state index >= 15 is 0 Å². The first-order chi connectivity index (χ1) is 8.25. The van der Waals surface area contributed by atoms with E-state index in [0.29, 0.717) is 20.0 Å². The van der Waals surface area contributed by atoms with Crippen molar-refractivity contribution >= 4 is 5.91 Å². The lowest BCUT2D eigenvalue weighted by molar-refractivity contribution is -0.187. The molecule has 1 aliphatic heterocycles. The lowest BCUT2D eigenvalue weighted by Gasteiger charge is -2.27. The maximum atomic E-state index is 12.5. The molecule has 0 aliphatic carbocycles. The van der Waals surface area contributed by atoms with Crippen molar-refractivity contribution in [3.8, 4) is 0 Å². The molecule has 1 saturated heterocycles. The highest BCUT2D eigenvalue weighted by molar-refractivity contribution is 5.86. The predicted octanol–water partition coefficient (Wildman–Crippen LogP) is 1.34. The van der Waals surface area contributed by atoms with Gasteiger partial charge in [0.1, 0.15) is 0 Å². The van der Waals surface area contributed by atoms with Crippen molar-refractivity contribution in [2.24, 2.45) is 5.73 Å². The lowest BCUT2D eigenvalue weighted by atomic mass is 10.0. The number of nitrogens with one attached hydrogen (secondary N) is 1. The molecule has 0 radical (unpaired) electrons. The molecule has 0 saturated carbocycles. The summed E-state index contributed by atoms with van der Waals surface area (Å²) in [7, 11) is 0. The Bertz CT molecular complexity index is 287. The van der Waals surface area contributed by atoms with Crippen LogP contribution in [0.3, 0.4) is 0 Å². The van der Waals surface area contributed by atoms with Crippen molar-refractivity contribution in [2.45, 2.75) is 50.4 Å². The van der Waals surface area contributed by atoms with Crippen LogP contribution in [0.25, 0.3) is 0 Å². The molecule has 1 fully saturated rings. The first-order valence-electron chi connectivity index (χ1n) is 6.00. The van der Waals surface area contributed by atoms with E-state index in [9.17, 15) is 18.0 Å². The van der Waals surface area contributed by atoms with Gasteiger partial charge in [0.05, 0.1) is 6.10 Å². The van der Waals surface area contributed by atoms with Gasteiger partial charge in [-0.25, -0.2) is 0 Å². The number of hydrogen-bond donors (Lipinski definition) is 2. The summed E-state index contributed by atoms with van der Waals surface area (Å²) in [5.41, 5.74) is 2.14. The number of carbonyl (C=O) groups excluding carboxylic acids is 1. The monoisotopic (exact) mass is 268 g/mol. The second kappa shape index (κ2) is 5.88. The number of carbonyl (C=O) groups is 1. The van der Waals surface area contributed by atoms with Gasteiger partial charge in [0.2, 0.25) is 5.91 Å². The quantitative estimate of drug-likeness (QED) is 0.808. The molecule has 1 heterocycles. The summed E-state index contributed by atoms with van der Waals surface area (Å²) in [4.78, 5) is 11.4. The molecule has 18 heavy (non-hydrogen) atoms. The smallest absolute Gasteiger partial charge is 0.378 e. The van der Waals surface area contributed by atoms with E-state index in [-0.39, 0.29) is 12.6 Å². The predicted molar refractivity (Wildman–Crippen MR) is 59.9 cm³/mol. The Morgan fingerprint density at radius 2 is 2.11 bits per heavy atom. The summed E-state index contributed by atoms with van der Waals surface area (Å²) in [5.74, 6) is -1.20. The first-order valence-corrected chi connectivity index (χ1v) is 6.00. The van der Waals surface area contributed by atoms with E-state index in [4.69, 9.17) is 10.5 Å². The molecule has 1 aliphatic rings. The van der Waals surface area contributed by atoms with Crippen molar-refractivity contribution in [2.75, 3.05) is 13.2 Å². The number of ether oxygens (including phenoxy) is 1. The molecular formula is C11H19F3N2O2. The zero-order chi connectivity index (χ0) is 13.8. The first kappa shape index (κ1) is 15.2. The number of rotatable bonds is 4. The van der Waals surface area contributed by atoms with E-state index in [1.54, 1.807) is 0 Å². The maximum Gasteiger partial charge on any atom is 0.415 e. The van der Waals surface area contributed by atoms with Crippen LogP contribution in [0.15, 0.2) is 0 Å². The van der Waals surface area contributed by atoms with Gasteiger partial charge < -0.3 is 15.8 Å². The minimum Gasteiger partial charge on any atom is -0.378 e. The van der Waals surface area contributed by atoms with E-state index in [1.807, 2.05) is 0 Å². The van der Waals surface area contributed by atoms with Crippen molar-refractivity contribution in [3.05, 3.63) is 0 Å². The van der Waals surface area contributed by atoms with Gasteiger partial charge in [-0.3, -0.25) is 4.79 Å². The molecule has 2 unspecified atom stereocenters. The number of hydrogen-bond acceptors (Lipinski definition) is 3. The van der Waals surface area contributed by atoms with Crippen LogP contribution in [-0.4, -0.2) is 36.9 Å². The molecule has 106 valence electrons. The minimum absolute atomic E-state index is 0.0222. The normalized spacial score (nSPS) is 24.4. The fourth-order valence-electron chi connectivity index (χ4n) is 1.69. The Balaban J connectivity index is 2.32. The summed E-state index contributed by atoms with van der Waals surface area (Å²) in [6.07, 6.45) is -1.27. The van der Waals surface area contributed by atoms with Gasteiger partial charge in [-0.05, 0) is 32.6 Å². The maximum absolute atomic E-state index is 12.5. The van der Waals surface area contributed by atoms with Gasteiger partial charge in [0.25, 0.3) is 0 Å². The van der Waals surface area contributed by atoms with Crippen LogP contribution in [-0.2, 0) is 9.53 Å². The van der Waals surface area contributed by atoms with Crippen LogP contribution < -0.4 is 11.1 Å². The van der Waals surface area contributed by atoms with Crippen molar-refractivity contribution in [3.63, 3.8) is 0 Å². The van der Waals surface area contributed by atoms with Crippen LogP contribution >= 0.6 is 0 Å². The van der Waals surface area contributed by atoms with Crippen molar-refractivity contribution in [1.29, 1.82) is 0 Å². The number of amides is 1. The van der Waals surface area contributed by atoms with Crippen LogP contribution in [0.5, 0.6) is 0 Å². The minimum atomic E-state index is -4.75. The second-order valence-electron chi connectivity index (χ2n) is 4.73. The Hall–Kier alpha value is -0.820. The Kier molecular flexibility index (Phi) is 4.98. The Labute approximate surface area is 104 Å². The summed E-state index contributed by atoms with van der Waals surface area (Å²) in [6.45, 7) is 1.49. The summed E-state index contributed by atoms with van der Waals surface area (Å²) in [6, 6.07) is 0. The van der Waals surface area contributed by atoms with E-state index in [2.05, 4.69) is 5.32 Å². The van der Waals surface area contributed by atoms with Gasteiger partial charge in [0.15, 0.2) is 5.54 Å². The van der Waals surface area contributed by atoms with Gasteiger partial charge in [-0.1, -0.05) is 0 Å². The molecule has 4 nitrogen and oxygen atoms in total. The van der Waals surface area contributed by atoms with E-state index in [0.717, 1.165) is 19.3 Å². The molecular weight excluding hydrogens is 249 g/mol. The summed E-state index contributed by atoms with van der Waals surface area (Å²) < 4.78 is 42.8. The largest absolute Gasteiger partial charge is 0.415 e. The Morgan fingerprint density at radius 3 is 2.61 bits per heavy atom. The van der Waals surface area contributed by atoms with Crippen molar-refractivity contribution < 1.29 is 22.7 Å². The molecule has 1 rings (SSSR count). The third-order valence-corrected chi connectivity index (χ3v) is 3.09. The van der Waals surface area contributed by atoms with E-state index < -0.39 is 17.6 Å². The van der Waals surface area contributed by atoms with Gasteiger partial charge in [-0.2, -0.15) is 13.2 Å². The standard InChI is InChI=1S/C11H19F3N2O2/c1-10(15,11(12,13)14)9(17)16-6-5-8-4-2-3-7-18-8/h8H,2-7,15H2,1H3,(H,16,17). The highest BCUT2D eigenvalue weighted by Crippen LogP contribution is 2.27. The van der Waals surface area contributed by atoms with Crippen molar-refractivity contribution in [1.82, 2.24) is 5.32 Å². The molecule has 3 N–H and O–H groups in total. The summed E-state index contributed by atoms with van der Waals surface area (Å²) >= 11 is 0. The lowest BCUT2D eigenvalue weighted by Crippen LogP contribution is -2.61. The second-order valence-corrected chi connectivity index (χ2v) is 4.73. The third-order valence-electron chi connectivity index (χ3n) is 3.09. The number of alkyl halides is 3. The molecule has 7 heteroatoms. The fourth-order valence-corrected chi connectivity index (χ4v) is 1.69. The zero-order valence-corrected chi connectivity index (χ0v) is 10.3. The van der Waals surface area contributed by atoms with Crippen LogP contribution in [0.4, 0.5) is 13.2 Å². The average molecular weight is 268 g/mol. The molecule has 0 aromatic carbocycles. The highest BCUT2D eigenvalue weighted by Gasteiger charge is 2.53. The molecule has 2 atom stereocenters. The van der Waals surface area contributed by atoms with Gasteiger partial charge in [-0.15, -0.1) is 0 Å². The van der Waals surface area contributed by atoms with E-state index in [1.165, 1.54) is 0 Å². The molecule has 1 amide bonds. The topological polar surface area (TPSA) is 64.4 Å².